The van der Waals surface area contributed by atoms with Gasteiger partial charge >= 0.3 is 0 Å². The van der Waals surface area contributed by atoms with Crippen LogP contribution in [0.4, 0.5) is 0 Å². The third kappa shape index (κ3) is 6.78. The summed E-state index contributed by atoms with van der Waals surface area (Å²) >= 11 is 0. The Balaban J connectivity index is 1.29. The van der Waals surface area contributed by atoms with E-state index in [4.69, 9.17) is 5.73 Å². The van der Waals surface area contributed by atoms with Gasteiger partial charge in [-0.05, 0) is 67.0 Å². The van der Waals surface area contributed by atoms with Crippen molar-refractivity contribution in [2.45, 2.75) is 49.5 Å². The molecule has 1 atom stereocenters. The number of fused-ring (bicyclic) bond motifs is 1. The number of pyridine rings is 1. The van der Waals surface area contributed by atoms with Crippen LogP contribution in [0.2, 0.25) is 0 Å². The first-order valence-corrected chi connectivity index (χ1v) is 13.7. The molecule has 1 heterocycles. The summed E-state index contributed by atoms with van der Waals surface area (Å²) in [5.74, 6) is 0.888. The minimum atomic E-state index is -3.52. The second-order valence-electron chi connectivity index (χ2n) is 8.95. The number of nitrogens with zero attached hydrogens (tertiary/aromatic N) is 1. The maximum absolute atomic E-state index is 12.9. The molecule has 4 rings (SSSR count). The summed E-state index contributed by atoms with van der Waals surface area (Å²) in [6, 6.07) is 20.8. The summed E-state index contributed by atoms with van der Waals surface area (Å²) in [4.78, 5) is 17.4. The molecule has 2 aromatic carbocycles. The third-order valence-electron chi connectivity index (χ3n) is 6.35. The van der Waals surface area contributed by atoms with Crippen molar-refractivity contribution < 1.29 is 13.2 Å². The number of unbranched alkanes of at least 4 members (excludes halogenated alkanes) is 1. The highest BCUT2D eigenvalue weighted by Gasteiger charge is 2.33. The molecule has 0 saturated heterocycles. The van der Waals surface area contributed by atoms with Crippen LogP contribution in [0.5, 0.6) is 0 Å². The molecule has 2 radical (unpaired) electrons. The number of hydrogen-bond donors (Lipinski definition) is 3. The van der Waals surface area contributed by atoms with E-state index in [0.29, 0.717) is 32.2 Å². The van der Waals surface area contributed by atoms with Crippen LogP contribution in [0.3, 0.4) is 0 Å². The maximum atomic E-state index is 12.9. The summed E-state index contributed by atoms with van der Waals surface area (Å²) < 4.78 is 27.2. The van der Waals surface area contributed by atoms with Crippen molar-refractivity contribution in [2.24, 2.45) is 5.73 Å². The van der Waals surface area contributed by atoms with Crippen LogP contribution in [0.15, 0.2) is 84.0 Å². The van der Waals surface area contributed by atoms with Gasteiger partial charge in [-0.3, -0.25) is 9.78 Å². The Hall–Kier alpha value is -3.07. The number of hydrogen-bond acceptors (Lipinski definition) is 5. The fourth-order valence-corrected chi connectivity index (χ4v) is 5.50. The van der Waals surface area contributed by atoms with E-state index in [1.165, 1.54) is 5.56 Å². The van der Waals surface area contributed by atoms with Crippen molar-refractivity contribution in [3.05, 3.63) is 108 Å². The van der Waals surface area contributed by atoms with Crippen LogP contribution in [0.1, 0.15) is 42.4 Å². The van der Waals surface area contributed by atoms with Crippen molar-refractivity contribution in [1.82, 2.24) is 15.0 Å². The van der Waals surface area contributed by atoms with Crippen LogP contribution in [-0.4, -0.2) is 31.9 Å². The summed E-state index contributed by atoms with van der Waals surface area (Å²) in [5.41, 5.74) is 9.71. The molecule has 1 aliphatic carbocycles. The van der Waals surface area contributed by atoms with Gasteiger partial charge in [0, 0.05) is 24.9 Å². The molecule has 1 aliphatic rings. The number of nitrogens with two attached hydrogens (primary N) is 1. The highest BCUT2D eigenvalue weighted by atomic mass is 32.2. The van der Waals surface area contributed by atoms with Crippen molar-refractivity contribution in [3.63, 3.8) is 0 Å². The molecular weight excluding hydrogens is 472 g/mol. The van der Waals surface area contributed by atoms with Crippen LogP contribution < -0.4 is 15.8 Å². The lowest BCUT2D eigenvalue weighted by atomic mass is 9.76. The molecule has 1 unspecified atom stereocenters. The molecule has 0 bridgehead atoms. The van der Waals surface area contributed by atoms with E-state index in [9.17, 15) is 13.2 Å². The van der Waals surface area contributed by atoms with Gasteiger partial charge in [0.2, 0.25) is 15.9 Å². The predicted molar refractivity (Wildman–Crippen MR) is 140 cm³/mol. The molecule has 0 fully saturated rings. The molecule has 0 spiro atoms. The molecule has 1 amide bonds. The largest absolute Gasteiger partial charge is 0.346 e. The van der Waals surface area contributed by atoms with Gasteiger partial charge < -0.3 is 11.1 Å². The van der Waals surface area contributed by atoms with Crippen LogP contribution in [0, 0.1) is 12.0 Å². The number of aryl methyl sites for hydroxylation is 1. The summed E-state index contributed by atoms with van der Waals surface area (Å²) in [7, 11) is -3.52. The van der Waals surface area contributed by atoms with E-state index in [1.807, 2.05) is 30.5 Å². The van der Waals surface area contributed by atoms with Gasteiger partial charge in [0.25, 0.3) is 0 Å². The smallest absolute Gasteiger partial charge is 0.240 e. The summed E-state index contributed by atoms with van der Waals surface area (Å²) in [6.07, 6.45) is 7.58. The van der Waals surface area contributed by atoms with E-state index in [2.05, 4.69) is 27.2 Å². The molecular formula is C28H32N4O3S. The molecule has 36 heavy (non-hydrogen) atoms. The van der Waals surface area contributed by atoms with Crippen molar-refractivity contribution in [2.75, 3.05) is 6.54 Å². The summed E-state index contributed by atoms with van der Waals surface area (Å²) in [5, 5.41) is 3.10. The van der Waals surface area contributed by atoms with Gasteiger partial charge in [0.15, 0.2) is 0 Å². The van der Waals surface area contributed by atoms with E-state index in [-0.39, 0.29) is 10.8 Å². The van der Waals surface area contributed by atoms with Gasteiger partial charge in [-0.15, -0.1) is 0 Å². The second-order valence-corrected chi connectivity index (χ2v) is 10.7. The minimum absolute atomic E-state index is 0.210. The lowest BCUT2D eigenvalue weighted by Gasteiger charge is -2.33. The Morgan fingerprint density at radius 2 is 1.75 bits per heavy atom. The molecule has 8 heteroatoms. The topological polar surface area (TPSA) is 114 Å². The van der Waals surface area contributed by atoms with Gasteiger partial charge in [0.05, 0.1) is 17.0 Å². The normalized spacial score (nSPS) is 15.2. The molecule has 1 aromatic heterocycles. The van der Waals surface area contributed by atoms with Crippen LogP contribution in [-0.2, 0) is 27.7 Å². The molecule has 0 saturated carbocycles. The summed E-state index contributed by atoms with van der Waals surface area (Å²) in [6.45, 7) is 0.294. The average Bonchev–Trinajstić information content (AvgIpc) is 2.90. The SMILES string of the molecule is NC(CCCCNS(=O)(=O)c1ccccc1)C(=O)N[C]1CCc2ccccc2[C]1Cc1cccnc1. The lowest BCUT2D eigenvalue weighted by molar-refractivity contribution is -0.122. The van der Waals surface area contributed by atoms with Crippen molar-refractivity contribution in [3.8, 4) is 0 Å². The molecule has 3 aromatic rings. The monoisotopic (exact) mass is 504 g/mol. The number of carbonyl (C=O) groups excluding carboxylic acids is 1. The first-order valence-electron chi connectivity index (χ1n) is 12.2. The number of carbonyl (C=O) groups is 1. The van der Waals surface area contributed by atoms with E-state index in [0.717, 1.165) is 35.9 Å². The number of amides is 1. The zero-order chi connectivity index (χ0) is 25.4. The number of rotatable bonds is 11. The van der Waals surface area contributed by atoms with Gasteiger partial charge in [-0.1, -0.05) is 55.0 Å². The van der Waals surface area contributed by atoms with Crippen LogP contribution >= 0.6 is 0 Å². The van der Waals surface area contributed by atoms with Crippen molar-refractivity contribution in [1.29, 1.82) is 0 Å². The molecule has 0 aliphatic heterocycles. The minimum Gasteiger partial charge on any atom is -0.346 e. The fourth-order valence-electron chi connectivity index (χ4n) is 4.40. The Morgan fingerprint density at radius 1 is 0.972 bits per heavy atom. The molecule has 4 N–H and O–H groups in total. The number of nitrogens with one attached hydrogen (secondary N) is 2. The highest BCUT2D eigenvalue weighted by Crippen LogP contribution is 2.37. The quantitative estimate of drug-likeness (QED) is 0.347. The fraction of sp³-hybridized carbons (Fsp3) is 0.286. The van der Waals surface area contributed by atoms with E-state index >= 15 is 0 Å². The lowest BCUT2D eigenvalue weighted by Crippen LogP contribution is -2.45. The Morgan fingerprint density at radius 3 is 2.53 bits per heavy atom. The van der Waals surface area contributed by atoms with E-state index in [1.54, 1.807) is 36.5 Å². The first kappa shape index (κ1) is 26.0. The Bertz CT molecular complexity index is 1240. The van der Waals surface area contributed by atoms with Crippen molar-refractivity contribution >= 4 is 15.9 Å². The predicted octanol–water partition coefficient (Wildman–Crippen LogP) is 3.32. The number of sulfonamides is 1. The standard InChI is InChI=1S/C28H32N4O3S/c29-26(14-6-7-18-31-36(34,35)23-11-2-1-3-12-23)28(33)32-27-16-15-22-10-4-5-13-24(22)25(27)19-21-9-8-17-30-20-21/h1-5,8-13,17,20,26,31H,6-7,14-16,18-19,29H2,(H,32,33). The van der Waals surface area contributed by atoms with Gasteiger partial charge in [0.1, 0.15) is 0 Å². The Labute approximate surface area is 213 Å². The first-order chi connectivity index (χ1) is 17.4. The third-order valence-corrected chi connectivity index (χ3v) is 7.83. The van der Waals surface area contributed by atoms with Gasteiger partial charge in [-0.2, -0.15) is 0 Å². The maximum Gasteiger partial charge on any atom is 0.240 e. The average molecular weight is 505 g/mol. The molecule has 7 nitrogen and oxygen atoms in total. The zero-order valence-corrected chi connectivity index (χ0v) is 21.0. The highest BCUT2D eigenvalue weighted by molar-refractivity contribution is 7.89. The molecule has 188 valence electrons. The number of aromatic nitrogens is 1. The zero-order valence-electron chi connectivity index (χ0n) is 20.2. The van der Waals surface area contributed by atoms with E-state index < -0.39 is 16.1 Å². The van der Waals surface area contributed by atoms with Gasteiger partial charge in [-0.25, -0.2) is 13.1 Å². The van der Waals surface area contributed by atoms with Crippen LogP contribution in [0.25, 0.3) is 0 Å². The Kier molecular flexibility index (Phi) is 8.85. The second kappa shape index (κ2) is 12.3. The number of benzene rings is 2.